The molecule has 0 spiro atoms. The van der Waals surface area contributed by atoms with Crippen LogP contribution in [0.15, 0.2) is 30.5 Å². The van der Waals surface area contributed by atoms with Crippen molar-refractivity contribution in [2.75, 3.05) is 0 Å². The Bertz CT molecular complexity index is 671. The summed E-state index contributed by atoms with van der Waals surface area (Å²) in [5, 5.41) is 10.4. The second-order valence-electron chi connectivity index (χ2n) is 3.96. The van der Waals surface area contributed by atoms with Crippen molar-refractivity contribution in [2.45, 2.75) is 11.9 Å². The van der Waals surface area contributed by atoms with Gasteiger partial charge in [0, 0.05) is 22.1 Å². The Morgan fingerprint density at radius 2 is 2.10 bits per heavy atom. The highest BCUT2D eigenvalue weighted by atomic mass is 79.9. The van der Waals surface area contributed by atoms with Crippen LogP contribution in [0.2, 0.25) is 10.0 Å². The maximum atomic E-state index is 8.81. The maximum Gasteiger partial charge on any atom is 0.142 e. The fraction of sp³-hybridized carbons (Fsp3) is 0.143. The molecule has 0 aliphatic rings. The van der Waals surface area contributed by atoms with E-state index in [1.165, 1.54) is 0 Å². The molecule has 0 saturated carbocycles. The summed E-state index contributed by atoms with van der Waals surface area (Å²) < 4.78 is 5.74. The van der Waals surface area contributed by atoms with Gasteiger partial charge in [-0.15, -0.1) is 0 Å². The molecule has 0 atom stereocenters. The molecule has 0 aliphatic carbocycles. The van der Waals surface area contributed by atoms with Gasteiger partial charge in [-0.25, -0.2) is 4.98 Å². The van der Waals surface area contributed by atoms with E-state index in [1.54, 1.807) is 30.5 Å². The predicted molar refractivity (Wildman–Crippen MR) is 82.4 cm³/mol. The zero-order chi connectivity index (χ0) is 14.5. The van der Waals surface area contributed by atoms with Crippen LogP contribution in [0.25, 0.3) is 0 Å². The molecule has 1 aromatic heterocycles. The van der Waals surface area contributed by atoms with E-state index >= 15 is 0 Å². The van der Waals surface area contributed by atoms with E-state index in [2.05, 4.69) is 20.9 Å². The summed E-state index contributed by atoms with van der Waals surface area (Å²) >= 11 is 15.5. The van der Waals surface area contributed by atoms with Crippen LogP contribution >= 0.6 is 39.1 Å². The summed E-state index contributed by atoms with van der Waals surface area (Å²) in [6.07, 6.45) is 1.58. The fourth-order valence-corrected chi connectivity index (χ4v) is 2.66. The molecule has 20 heavy (non-hydrogen) atoms. The average molecular weight is 372 g/mol. The molecule has 2 rings (SSSR count). The summed E-state index contributed by atoms with van der Waals surface area (Å²) in [5.74, 6) is 0.586. The fourth-order valence-electron chi connectivity index (χ4n) is 1.66. The van der Waals surface area contributed by atoms with E-state index < -0.39 is 0 Å². The van der Waals surface area contributed by atoms with E-state index in [1.807, 2.05) is 6.07 Å². The molecule has 2 aromatic rings. The number of nitrogens with zero attached hydrogens (tertiary/aromatic N) is 2. The summed E-state index contributed by atoms with van der Waals surface area (Å²) in [4.78, 5) is 3.91. The number of nitriles is 1. The number of hydrogen-bond donors (Lipinski definition) is 0. The molecule has 0 N–H and O–H groups in total. The minimum absolute atomic E-state index is 0.304. The number of benzene rings is 1. The van der Waals surface area contributed by atoms with Gasteiger partial charge in [-0.3, -0.25) is 0 Å². The Balaban J connectivity index is 2.20. The van der Waals surface area contributed by atoms with E-state index in [-0.39, 0.29) is 0 Å². The third kappa shape index (κ3) is 3.63. The van der Waals surface area contributed by atoms with Gasteiger partial charge in [0.15, 0.2) is 0 Å². The second kappa shape index (κ2) is 6.94. The topological polar surface area (TPSA) is 45.9 Å². The van der Waals surface area contributed by atoms with Crippen LogP contribution in [0.5, 0.6) is 5.75 Å². The van der Waals surface area contributed by atoms with Crippen molar-refractivity contribution < 1.29 is 4.74 Å². The van der Waals surface area contributed by atoms with Crippen molar-refractivity contribution in [1.29, 1.82) is 5.26 Å². The van der Waals surface area contributed by atoms with Crippen molar-refractivity contribution in [3.05, 3.63) is 57.3 Å². The van der Waals surface area contributed by atoms with E-state index in [9.17, 15) is 0 Å². The monoisotopic (exact) mass is 370 g/mol. The van der Waals surface area contributed by atoms with Gasteiger partial charge in [-0.1, -0.05) is 39.1 Å². The number of alkyl halides is 1. The largest absolute Gasteiger partial charge is 0.487 e. The third-order valence-electron chi connectivity index (χ3n) is 2.55. The SMILES string of the molecule is N#Cc1cc(COc2c(Cl)cc(Cl)cc2CBr)ccn1. The normalized spacial score (nSPS) is 10.1. The Morgan fingerprint density at radius 3 is 2.80 bits per heavy atom. The van der Waals surface area contributed by atoms with Gasteiger partial charge in [-0.2, -0.15) is 5.26 Å². The van der Waals surface area contributed by atoms with Crippen molar-refractivity contribution in [2.24, 2.45) is 0 Å². The van der Waals surface area contributed by atoms with Crippen molar-refractivity contribution in [3.63, 3.8) is 0 Å². The number of pyridine rings is 1. The molecular formula is C14H9BrCl2N2O. The smallest absolute Gasteiger partial charge is 0.142 e. The molecule has 3 nitrogen and oxygen atoms in total. The first-order valence-electron chi connectivity index (χ1n) is 5.65. The van der Waals surface area contributed by atoms with Crippen LogP contribution in [-0.2, 0) is 11.9 Å². The van der Waals surface area contributed by atoms with Crippen LogP contribution in [-0.4, -0.2) is 4.98 Å². The molecule has 0 saturated heterocycles. The van der Waals surface area contributed by atoms with Crippen molar-refractivity contribution in [3.8, 4) is 11.8 Å². The molecule has 1 aromatic carbocycles. The number of hydrogen-bond acceptors (Lipinski definition) is 3. The quantitative estimate of drug-likeness (QED) is 0.729. The lowest BCUT2D eigenvalue weighted by Crippen LogP contribution is -1.99. The molecule has 0 radical (unpaired) electrons. The molecule has 0 bridgehead atoms. The molecule has 102 valence electrons. The van der Waals surface area contributed by atoms with Crippen LogP contribution in [0.1, 0.15) is 16.8 Å². The third-order valence-corrected chi connectivity index (χ3v) is 3.65. The summed E-state index contributed by atoms with van der Waals surface area (Å²) in [7, 11) is 0. The minimum Gasteiger partial charge on any atom is -0.487 e. The zero-order valence-corrected chi connectivity index (χ0v) is 13.3. The van der Waals surface area contributed by atoms with Gasteiger partial charge in [0.05, 0.1) is 5.02 Å². The summed E-state index contributed by atoms with van der Waals surface area (Å²) in [6, 6.07) is 8.89. The first-order valence-corrected chi connectivity index (χ1v) is 7.53. The van der Waals surface area contributed by atoms with Crippen LogP contribution in [0.3, 0.4) is 0 Å². The number of halogens is 3. The van der Waals surface area contributed by atoms with Crippen LogP contribution < -0.4 is 4.74 Å². The minimum atomic E-state index is 0.304. The lowest BCUT2D eigenvalue weighted by atomic mass is 10.2. The van der Waals surface area contributed by atoms with Gasteiger partial charge < -0.3 is 4.74 Å². The molecule has 0 fully saturated rings. The summed E-state index contributed by atoms with van der Waals surface area (Å²) in [5.41, 5.74) is 2.08. The average Bonchev–Trinajstić information content (AvgIpc) is 2.45. The van der Waals surface area contributed by atoms with Gasteiger partial charge in [0.25, 0.3) is 0 Å². The summed E-state index contributed by atoms with van der Waals surface area (Å²) in [6.45, 7) is 0.304. The highest BCUT2D eigenvalue weighted by molar-refractivity contribution is 9.08. The van der Waals surface area contributed by atoms with E-state index in [0.717, 1.165) is 11.1 Å². The highest BCUT2D eigenvalue weighted by Gasteiger charge is 2.10. The molecule has 1 heterocycles. The van der Waals surface area contributed by atoms with Crippen molar-refractivity contribution >= 4 is 39.1 Å². The Kier molecular flexibility index (Phi) is 5.24. The van der Waals surface area contributed by atoms with Gasteiger partial charge in [0.1, 0.15) is 24.1 Å². The molecule has 0 amide bonds. The predicted octanol–water partition coefficient (Wildman–Crippen LogP) is 4.73. The molecular weight excluding hydrogens is 363 g/mol. The van der Waals surface area contributed by atoms with E-state index in [0.29, 0.717) is 33.4 Å². The van der Waals surface area contributed by atoms with Gasteiger partial charge >= 0.3 is 0 Å². The molecule has 6 heteroatoms. The maximum absolute atomic E-state index is 8.81. The van der Waals surface area contributed by atoms with Crippen molar-refractivity contribution in [1.82, 2.24) is 4.98 Å². The standard InChI is InChI=1S/C14H9BrCl2N2O/c15-6-10-4-11(16)5-13(17)14(10)20-8-9-1-2-19-12(3-9)7-18/h1-5H,6,8H2. The first-order chi connectivity index (χ1) is 9.63. The number of aromatic nitrogens is 1. The Hall–Kier alpha value is -1.28. The lowest BCUT2D eigenvalue weighted by Gasteiger charge is -2.12. The lowest BCUT2D eigenvalue weighted by molar-refractivity contribution is 0.304. The highest BCUT2D eigenvalue weighted by Crippen LogP contribution is 2.34. The van der Waals surface area contributed by atoms with Gasteiger partial charge in [0.2, 0.25) is 0 Å². The second-order valence-corrected chi connectivity index (χ2v) is 5.36. The van der Waals surface area contributed by atoms with Gasteiger partial charge in [-0.05, 0) is 29.8 Å². The zero-order valence-electron chi connectivity index (χ0n) is 10.2. The van der Waals surface area contributed by atoms with Crippen LogP contribution in [0.4, 0.5) is 0 Å². The Labute approximate surface area is 135 Å². The first kappa shape index (κ1) is 15.1. The molecule has 0 aliphatic heterocycles. The molecule has 0 unspecified atom stereocenters. The number of ether oxygens (including phenoxy) is 1. The van der Waals surface area contributed by atoms with Crippen LogP contribution in [0, 0.1) is 11.3 Å². The Morgan fingerprint density at radius 1 is 1.30 bits per heavy atom. The van der Waals surface area contributed by atoms with E-state index in [4.69, 9.17) is 33.2 Å². The number of rotatable bonds is 4.